The third-order valence-corrected chi connectivity index (χ3v) is 1.87. The molecule has 2 N–H and O–H groups in total. The Kier molecular flexibility index (Phi) is 4.18. The summed E-state index contributed by atoms with van der Waals surface area (Å²) in [5, 5.41) is 8.56. The van der Waals surface area contributed by atoms with Crippen LogP contribution in [0.5, 0.6) is 5.75 Å². The van der Waals surface area contributed by atoms with Gasteiger partial charge in [0.15, 0.2) is 17.9 Å². The normalized spacial score (nSPS) is 12.6. The summed E-state index contributed by atoms with van der Waals surface area (Å²) in [6.45, 7) is 5.74. The molecule has 0 bridgehead atoms. The number of aliphatic hydroxyl groups excluding tert-OH is 1. The van der Waals surface area contributed by atoms with E-state index in [1.54, 1.807) is 18.2 Å². The van der Waals surface area contributed by atoms with Gasteiger partial charge in [-0.1, -0.05) is 12.1 Å². The summed E-state index contributed by atoms with van der Waals surface area (Å²) in [5.74, 6) is 0.565. The second-order valence-corrected chi connectivity index (χ2v) is 4.76. The molecule has 0 fully saturated rings. The van der Waals surface area contributed by atoms with Crippen molar-refractivity contribution in [3.05, 3.63) is 24.3 Å². The van der Waals surface area contributed by atoms with Gasteiger partial charge in [-0.2, -0.15) is 4.99 Å². The summed E-state index contributed by atoms with van der Waals surface area (Å²) in [5.41, 5.74) is 0.177. The average molecular weight is 244 g/mol. The molecule has 0 atom stereocenters. The summed E-state index contributed by atoms with van der Waals surface area (Å²) >= 11 is -0.248. The zero-order valence-electron chi connectivity index (χ0n) is 9.45. The van der Waals surface area contributed by atoms with Crippen LogP contribution in [0, 0.1) is 0 Å². The van der Waals surface area contributed by atoms with Crippen LogP contribution in [-0.4, -0.2) is 15.9 Å². The lowest BCUT2D eigenvalue weighted by Crippen LogP contribution is -2.65. The molecule has 5 heteroatoms. The Labute approximate surface area is 98.6 Å². The Morgan fingerprint density at radius 1 is 1.38 bits per heavy atom. The van der Waals surface area contributed by atoms with Crippen LogP contribution in [0.15, 0.2) is 24.3 Å². The third kappa shape index (κ3) is 4.10. The SMILES string of the molecule is CC(C)(C)Oc1ccccc1[NH+]=C(O)SF. The quantitative estimate of drug-likeness (QED) is 0.618. The van der Waals surface area contributed by atoms with Crippen LogP contribution >= 0.6 is 12.1 Å². The van der Waals surface area contributed by atoms with Gasteiger partial charge in [-0.3, -0.25) is 0 Å². The molecule has 0 aliphatic carbocycles. The molecule has 1 rings (SSSR count). The van der Waals surface area contributed by atoms with Gasteiger partial charge in [-0.25, -0.2) is 0 Å². The highest BCUT2D eigenvalue weighted by Crippen LogP contribution is 2.23. The predicted octanol–water partition coefficient (Wildman–Crippen LogP) is 2.11. The van der Waals surface area contributed by atoms with E-state index in [1.807, 2.05) is 26.8 Å². The fourth-order valence-corrected chi connectivity index (χ4v) is 1.27. The minimum Gasteiger partial charge on any atom is -0.481 e. The highest BCUT2D eigenvalue weighted by Gasteiger charge is 2.17. The van der Waals surface area contributed by atoms with Crippen molar-refractivity contribution in [2.24, 2.45) is 0 Å². The van der Waals surface area contributed by atoms with Gasteiger partial charge in [0.1, 0.15) is 5.60 Å². The summed E-state index contributed by atoms with van der Waals surface area (Å²) in [4.78, 5) is 2.52. The van der Waals surface area contributed by atoms with Gasteiger partial charge < -0.3 is 9.84 Å². The standard InChI is InChI=1S/C11H14FNO2S/c1-11(2,3)15-9-7-5-4-6-8(9)13-10(14)16-12/h4-7H,1-3H3,(H,13,14)/p+1. The van der Waals surface area contributed by atoms with Crippen molar-refractivity contribution in [1.29, 1.82) is 0 Å². The van der Waals surface area contributed by atoms with Crippen molar-refractivity contribution < 1.29 is 18.7 Å². The first-order valence-corrected chi connectivity index (χ1v) is 5.53. The molecule has 1 aromatic carbocycles. The smallest absolute Gasteiger partial charge is 0.435 e. The molecule has 0 aliphatic rings. The Hall–Kier alpha value is -1.23. The fourth-order valence-electron chi connectivity index (χ4n) is 1.12. The van der Waals surface area contributed by atoms with Crippen LogP contribution in [0.25, 0.3) is 0 Å². The van der Waals surface area contributed by atoms with Crippen molar-refractivity contribution in [3.63, 3.8) is 0 Å². The Bertz CT molecular complexity index is 388. The number of aliphatic hydroxyl groups is 1. The van der Waals surface area contributed by atoms with E-state index >= 15 is 0 Å². The lowest BCUT2D eigenvalue weighted by molar-refractivity contribution is -0.362. The first kappa shape index (κ1) is 12.8. The second-order valence-electron chi connectivity index (χ2n) is 4.22. The maximum atomic E-state index is 12.1. The lowest BCUT2D eigenvalue weighted by atomic mass is 10.2. The molecule has 0 saturated carbocycles. The summed E-state index contributed by atoms with van der Waals surface area (Å²) < 4.78 is 17.7. The number of hydrogen-bond donors (Lipinski definition) is 2. The first-order valence-electron chi connectivity index (χ1n) is 4.82. The third-order valence-electron chi connectivity index (χ3n) is 1.62. The Morgan fingerprint density at radius 2 is 2.00 bits per heavy atom. The molecule has 0 saturated heterocycles. The topological polar surface area (TPSA) is 43.4 Å². The average Bonchev–Trinajstić information content (AvgIpc) is 2.18. The summed E-state index contributed by atoms with van der Waals surface area (Å²) in [6, 6.07) is 7.04. The molecule has 0 aromatic heterocycles. The predicted molar refractivity (Wildman–Crippen MR) is 63.8 cm³/mol. The highest BCUT2D eigenvalue weighted by molar-refractivity contribution is 8.08. The number of para-hydroxylation sites is 2. The van der Waals surface area contributed by atoms with Gasteiger partial charge in [0, 0.05) is 6.07 Å². The van der Waals surface area contributed by atoms with Crippen LogP contribution in [-0.2, 0) is 0 Å². The number of hydrogen-bond acceptors (Lipinski definition) is 2. The van der Waals surface area contributed by atoms with Gasteiger partial charge in [-0.15, -0.1) is 3.89 Å². The molecule has 0 amide bonds. The van der Waals surface area contributed by atoms with E-state index in [1.165, 1.54) is 0 Å². The van der Waals surface area contributed by atoms with Crippen molar-refractivity contribution in [2.45, 2.75) is 26.4 Å². The van der Waals surface area contributed by atoms with E-state index < -0.39 is 5.23 Å². The van der Waals surface area contributed by atoms with Gasteiger partial charge in [0.2, 0.25) is 5.69 Å². The monoisotopic (exact) mass is 244 g/mol. The Morgan fingerprint density at radius 3 is 2.56 bits per heavy atom. The molecule has 0 radical (unpaired) electrons. The lowest BCUT2D eigenvalue weighted by Gasteiger charge is -2.20. The van der Waals surface area contributed by atoms with E-state index in [2.05, 4.69) is 4.99 Å². The van der Waals surface area contributed by atoms with E-state index in [9.17, 15) is 3.89 Å². The van der Waals surface area contributed by atoms with E-state index in [4.69, 9.17) is 9.84 Å². The number of benzene rings is 1. The maximum Gasteiger partial charge on any atom is 0.435 e. The van der Waals surface area contributed by atoms with Crippen molar-refractivity contribution in [2.75, 3.05) is 0 Å². The van der Waals surface area contributed by atoms with Gasteiger partial charge in [0.25, 0.3) is 0 Å². The van der Waals surface area contributed by atoms with Gasteiger partial charge in [-0.05, 0) is 26.8 Å². The van der Waals surface area contributed by atoms with Crippen molar-refractivity contribution in [3.8, 4) is 5.75 Å². The van der Waals surface area contributed by atoms with Crippen molar-refractivity contribution in [1.82, 2.24) is 0 Å². The van der Waals surface area contributed by atoms with E-state index in [-0.39, 0.29) is 17.7 Å². The number of rotatable bonds is 2. The molecule has 16 heavy (non-hydrogen) atoms. The highest BCUT2D eigenvalue weighted by atomic mass is 32.2. The minimum absolute atomic E-state index is 0.248. The molecule has 1 aromatic rings. The summed E-state index contributed by atoms with van der Waals surface area (Å²) in [6.07, 6.45) is 0. The van der Waals surface area contributed by atoms with Crippen molar-refractivity contribution >= 4 is 23.1 Å². The molecule has 0 unspecified atom stereocenters. The van der Waals surface area contributed by atoms with Crippen LogP contribution < -0.4 is 9.73 Å². The minimum atomic E-state index is -0.509. The van der Waals surface area contributed by atoms with Crippen LogP contribution in [0.3, 0.4) is 0 Å². The van der Waals surface area contributed by atoms with Gasteiger partial charge in [0.05, 0.1) is 0 Å². The molecule has 0 aliphatic heterocycles. The largest absolute Gasteiger partial charge is 0.481 e. The summed E-state index contributed by atoms with van der Waals surface area (Å²) in [7, 11) is 0. The molecule has 3 nitrogen and oxygen atoms in total. The van der Waals surface area contributed by atoms with E-state index in [0.717, 1.165) is 0 Å². The molecule has 88 valence electrons. The van der Waals surface area contributed by atoms with E-state index in [0.29, 0.717) is 11.4 Å². The first-order chi connectivity index (χ1) is 7.42. The molecular weight excluding hydrogens is 229 g/mol. The molecule has 0 spiro atoms. The maximum absolute atomic E-state index is 12.1. The zero-order valence-corrected chi connectivity index (χ0v) is 10.3. The van der Waals surface area contributed by atoms with Crippen LogP contribution in [0.2, 0.25) is 0 Å². The number of nitrogens with one attached hydrogen (secondary N) is 1. The number of ether oxygens (including phenoxy) is 1. The zero-order chi connectivity index (χ0) is 12.2. The second kappa shape index (κ2) is 5.21. The fraction of sp³-hybridized carbons (Fsp3) is 0.364. The molecular formula is C11H15FNO2S+. The number of halogens is 1. The van der Waals surface area contributed by atoms with Crippen LogP contribution in [0.4, 0.5) is 9.57 Å². The van der Waals surface area contributed by atoms with Crippen LogP contribution in [0.1, 0.15) is 20.8 Å². The van der Waals surface area contributed by atoms with Gasteiger partial charge >= 0.3 is 5.23 Å². The Balaban J connectivity index is 3.01. The molecule has 0 heterocycles.